The van der Waals surface area contributed by atoms with Crippen LogP contribution in [-0.4, -0.2) is 65.1 Å². The van der Waals surface area contributed by atoms with Gasteiger partial charge in [-0.3, -0.25) is 4.90 Å². The molecule has 116 valence electrons. The van der Waals surface area contributed by atoms with E-state index in [2.05, 4.69) is 37.9 Å². The summed E-state index contributed by atoms with van der Waals surface area (Å²) in [6, 6.07) is 0. The molecule has 1 N–H and O–H groups in total. The number of nitrogens with one attached hydrogen (secondary N) is 1. The predicted molar refractivity (Wildman–Crippen MR) is 81.7 cm³/mol. The zero-order valence-electron chi connectivity index (χ0n) is 13.8. The SMILES string of the molecule is COCCN(CCOC)CC(C)(C)CNCC(C)C. The van der Waals surface area contributed by atoms with Gasteiger partial charge in [0.2, 0.25) is 0 Å². The fraction of sp³-hybridized carbons (Fsp3) is 1.00. The molecule has 0 aromatic heterocycles. The smallest absolute Gasteiger partial charge is 0.0589 e. The summed E-state index contributed by atoms with van der Waals surface area (Å²) in [5, 5.41) is 3.55. The van der Waals surface area contributed by atoms with Crippen LogP contribution in [0.1, 0.15) is 27.7 Å². The summed E-state index contributed by atoms with van der Waals surface area (Å²) in [6.45, 7) is 15.8. The Morgan fingerprint density at radius 1 is 1.05 bits per heavy atom. The molecule has 0 aliphatic rings. The molecule has 0 unspecified atom stereocenters. The van der Waals surface area contributed by atoms with Crippen molar-refractivity contribution in [2.24, 2.45) is 11.3 Å². The van der Waals surface area contributed by atoms with Crippen molar-refractivity contribution >= 4 is 0 Å². The van der Waals surface area contributed by atoms with Gasteiger partial charge >= 0.3 is 0 Å². The number of hydrogen-bond acceptors (Lipinski definition) is 4. The molecular formula is C15H34N2O2. The van der Waals surface area contributed by atoms with Crippen LogP contribution in [0.15, 0.2) is 0 Å². The van der Waals surface area contributed by atoms with Gasteiger partial charge in [-0.1, -0.05) is 27.7 Å². The predicted octanol–water partition coefficient (Wildman–Crippen LogP) is 1.85. The maximum Gasteiger partial charge on any atom is 0.0589 e. The lowest BCUT2D eigenvalue weighted by Crippen LogP contribution is -2.43. The molecule has 0 fully saturated rings. The molecule has 0 saturated heterocycles. The van der Waals surface area contributed by atoms with Gasteiger partial charge in [0, 0.05) is 40.4 Å². The Balaban J connectivity index is 4.11. The highest BCUT2D eigenvalue weighted by Crippen LogP contribution is 2.16. The molecule has 0 aromatic carbocycles. The molecule has 0 radical (unpaired) electrons. The molecule has 0 amide bonds. The molecular weight excluding hydrogens is 240 g/mol. The van der Waals surface area contributed by atoms with E-state index >= 15 is 0 Å². The van der Waals surface area contributed by atoms with Gasteiger partial charge < -0.3 is 14.8 Å². The molecule has 0 atom stereocenters. The second-order valence-electron chi connectivity index (χ2n) is 6.45. The van der Waals surface area contributed by atoms with Crippen LogP contribution in [0.5, 0.6) is 0 Å². The molecule has 4 nitrogen and oxygen atoms in total. The molecule has 0 rings (SSSR count). The van der Waals surface area contributed by atoms with Crippen LogP contribution in [0.2, 0.25) is 0 Å². The van der Waals surface area contributed by atoms with E-state index in [1.54, 1.807) is 14.2 Å². The molecule has 0 aromatic rings. The van der Waals surface area contributed by atoms with Crippen LogP contribution in [0.25, 0.3) is 0 Å². The topological polar surface area (TPSA) is 33.7 Å². The largest absolute Gasteiger partial charge is 0.383 e. The normalized spacial score (nSPS) is 12.6. The summed E-state index contributed by atoms with van der Waals surface area (Å²) in [6.07, 6.45) is 0. The number of rotatable bonds is 12. The number of hydrogen-bond donors (Lipinski definition) is 1. The van der Waals surface area contributed by atoms with Gasteiger partial charge in [-0.25, -0.2) is 0 Å². The maximum atomic E-state index is 5.18. The Bertz CT molecular complexity index is 200. The van der Waals surface area contributed by atoms with Crippen LogP contribution >= 0.6 is 0 Å². The fourth-order valence-corrected chi connectivity index (χ4v) is 2.07. The zero-order valence-corrected chi connectivity index (χ0v) is 13.8. The van der Waals surface area contributed by atoms with E-state index in [4.69, 9.17) is 9.47 Å². The van der Waals surface area contributed by atoms with Crippen molar-refractivity contribution in [1.29, 1.82) is 0 Å². The highest BCUT2D eigenvalue weighted by atomic mass is 16.5. The van der Waals surface area contributed by atoms with Crippen molar-refractivity contribution in [2.75, 3.05) is 60.2 Å². The minimum Gasteiger partial charge on any atom is -0.383 e. The molecule has 0 bridgehead atoms. The third-order valence-corrected chi connectivity index (χ3v) is 3.03. The van der Waals surface area contributed by atoms with Crippen molar-refractivity contribution in [3.8, 4) is 0 Å². The first-order chi connectivity index (χ1) is 8.91. The quantitative estimate of drug-likeness (QED) is 0.589. The van der Waals surface area contributed by atoms with E-state index in [0.717, 1.165) is 45.9 Å². The molecule has 4 heteroatoms. The van der Waals surface area contributed by atoms with E-state index in [9.17, 15) is 0 Å². The van der Waals surface area contributed by atoms with Crippen LogP contribution in [0.3, 0.4) is 0 Å². The highest BCUT2D eigenvalue weighted by Gasteiger charge is 2.21. The van der Waals surface area contributed by atoms with Crippen LogP contribution < -0.4 is 5.32 Å². The summed E-state index contributed by atoms with van der Waals surface area (Å²) in [7, 11) is 3.51. The first-order valence-corrected chi connectivity index (χ1v) is 7.32. The minimum absolute atomic E-state index is 0.260. The van der Waals surface area contributed by atoms with Crippen molar-refractivity contribution in [3.63, 3.8) is 0 Å². The van der Waals surface area contributed by atoms with Gasteiger partial charge in [-0.15, -0.1) is 0 Å². The van der Waals surface area contributed by atoms with E-state index < -0.39 is 0 Å². The van der Waals surface area contributed by atoms with Crippen LogP contribution in [-0.2, 0) is 9.47 Å². The number of methoxy groups -OCH3 is 2. The Labute approximate surface area is 119 Å². The molecule has 0 spiro atoms. The van der Waals surface area contributed by atoms with Gasteiger partial charge in [-0.05, 0) is 17.9 Å². The number of ether oxygens (including phenoxy) is 2. The minimum atomic E-state index is 0.260. The third kappa shape index (κ3) is 11.4. The van der Waals surface area contributed by atoms with Crippen molar-refractivity contribution in [3.05, 3.63) is 0 Å². The summed E-state index contributed by atoms with van der Waals surface area (Å²) in [5.41, 5.74) is 0.260. The fourth-order valence-electron chi connectivity index (χ4n) is 2.07. The Morgan fingerprint density at radius 3 is 2.00 bits per heavy atom. The van der Waals surface area contributed by atoms with Crippen molar-refractivity contribution < 1.29 is 9.47 Å². The lowest BCUT2D eigenvalue weighted by Gasteiger charge is -2.33. The van der Waals surface area contributed by atoms with E-state index in [0.29, 0.717) is 5.92 Å². The second kappa shape index (κ2) is 10.6. The maximum absolute atomic E-state index is 5.18. The van der Waals surface area contributed by atoms with Gasteiger partial charge in [0.15, 0.2) is 0 Å². The van der Waals surface area contributed by atoms with Crippen LogP contribution in [0, 0.1) is 11.3 Å². The molecule has 0 aliphatic heterocycles. The van der Waals surface area contributed by atoms with E-state index in [1.807, 2.05) is 0 Å². The standard InChI is InChI=1S/C15H34N2O2/c1-14(2)11-16-12-15(3,4)13-17(7-9-18-5)8-10-19-6/h14,16H,7-13H2,1-6H3. The van der Waals surface area contributed by atoms with Gasteiger partial charge in [-0.2, -0.15) is 0 Å². The molecule has 0 saturated carbocycles. The average Bonchev–Trinajstić information content (AvgIpc) is 2.31. The lowest BCUT2D eigenvalue weighted by molar-refractivity contribution is 0.0882. The van der Waals surface area contributed by atoms with Gasteiger partial charge in [0.05, 0.1) is 13.2 Å². The molecule has 19 heavy (non-hydrogen) atoms. The number of nitrogens with zero attached hydrogens (tertiary/aromatic N) is 1. The average molecular weight is 274 g/mol. The van der Waals surface area contributed by atoms with E-state index in [1.165, 1.54) is 0 Å². The first-order valence-electron chi connectivity index (χ1n) is 7.32. The lowest BCUT2D eigenvalue weighted by atomic mass is 9.92. The second-order valence-corrected chi connectivity index (χ2v) is 6.45. The van der Waals surface area contributed by atoms with Crippen LogP contribution in [0.4, 0.5) is 0 Å². The van der Waals surface area contributed by atoms with Gasteiger partial charge in [0.25, 0.3) is 0 Å². The van der Waals surface area contributed by atoms with Crippen molar-refractivity contribution in [1.82, 2.24) is 10.2 Å². The van der Waals surface area contributed by atoms with Crippen molar-refractivity contribution in [2.45, 2.75) is 27.7 Å². The summed E-state index contributed by atoms with van der Waals surface area (Å²) in [5.74, 6) is 0.703. The summed E-state index contributed by atoms with van der Waals surface area (Å²) in [4.78, 5) is 2.42. The first kappa shape index (κ1) is 18.8. The zero-order chi connectivity index (χ0) is 14.7. The Kier molecular flexibility index (Phi) is 10.5. The summed E-state index contributed by atoms with van der Waals surface area (Å²) < 4.78 is 10.4. The highest BCUT2D eigenvalue weighted by molar-refractivity contribution is 4.76. The monoisotopic (exact) mass is 274 g/mol. The van der Waals surface area contributed by atoms with E-state index in [-0.39, 0.29) is 5.41 Å². The Hall–Kier alpha value is -0.160. The summed E-state index contributed by atoms with van der Waals surface area (Å²) >= 11 is 0. The van der Waals surface area contributed by atoms with Gasteiger partial charge in [0.1, 0.15) is 0 Å². The third-order valence-electron chi connectivity index (χ3n) is 3.03. The Morgan fingerprint density at radius 2 is 1.58 bits per heavy atom. The molecule has 0 aliphatic carbocycles. The molecule has 0 heterocycles.